The van der Waals surface area contributed by atoms with Gasteiger partial charge < -0.3 is 11.1 Å². The Morgan fingerprint density at radius 2 is 2.16 bits per heavy atom. The summed E-state index contributed by atoms with van der Waals surface area (Å²) in [5.74, 6) is -0.444. The third-order valence-electron chi connectivity index (χ3n) is 2.21. The fourth-order valence-electron chi connectivity index (χ4n) is 1.37. The fraction of sp³-hybridized carbons (Fsp3) is 0.273. The number of hydrogen-bond acceptors (Lipinski definition) is 5. The van der Waals surface area contributed by atoms with Crippen LogP contribution in [-0.2, 0) is 14.8 Å². The maximum Gasteiger partial charge on any atom is 0.242 e. The highest BCUT2D eigenvalue weighted by atomic mass is 32.2. The second-order valence-corrected chi connectivity index (χ2v) is 5.38. The normalized spacial score (nSPS) is 10.7. The summed E-state index contributed by atoms with van der Waals surface area (Å²) < 4.78 is 26.0. The zero-order chi connectivity index (χ0) is 14.5. The molecule has 0 bridgehead atoms. The third kappa shape index (κ3) is 3.94. The van der Waals surface area contributed by atoms with E-state index in [9.17, 15) is 13.2 Å². The van der Waals surface area contributed by atoms with Crippen LogP contribution in [0, 0.1) is 11.3 Å². The van der Waals surface area contributed by atoms with Crippen molar-refractivity contribution in [2.24, 2.45) is 0 Å². The summed E-state index contributed by atoms with van der Waals surface area (Å²) in [5.41, 5.74) is 5.70. The first-order valence-electron chi connectivity index (χ1n) is 5.46. The number of nitrogens with zero attached hydrogens (tertiary/aromatic N) is 1. The van der Waals surface area contributed by atoms with Gasteiger partial charge in [-0.2, -0.15) is 5.26 Å². The van der Waals surface area contributed by atoms with E-state index >= 15 is 0 Å². The lowest BCUT2D eigenvalue weighted by atomic mass is 10.2. The molecule has 4 N–H and O–H groups in total. The summed E-state index contributed by atoms with van der Waals surface area (Å²) in [5, 5.41) is 11.3. The van der Waals surface area contributed by atoms with E-state index in [1.54, 1.807) is 13.0 Å². The largest absolute Gasteiger partial charge is 0.399 e. The standard InChI is InChI=1S/C11H14N4O3S/c1-2-14-11(16)7-15-19(17,18)10-4-3-9(13)5-8(10)6-12/h3-5,15H,2,7,13H2,1H3,(H,14,16). The minimum absolute atomic E-state index is 0.0663. The second-order valence-electron chi connectivity index (χ2n) is 3.65. The average molecular weight is 282 g/mol. The molecule has 1 aromatic rings. The molecule has 7 nitrogen and oxygen atoms in total. The number of anilines is 1. The van der Waals surface area contributed by atoms with E-state index in [1.165, 1.54) is 18.2 Å². The lowest BCUT2D eigenvalue weighted by Crippen LogP contribution is -2.36. The summed E-state index contributed by atoms with van der Waals surface area (Å²) in [7, 11) is -3.92. The molecule has 0 saturated heterocycles. The Bertz CT molecular complexity index is 619. The lowest BCUT2D eigenvalue weighted by molar-refractivity contribution is -0.119. The number of nitrogens with one attached hydrogen (secondary N) is 2. The van der Waals surface area contributed by atoms with E-state index in [4.69, 9.17) is 11.0 Å². The first kappa shape index (κ1) is 14.9. The molecule has 19 heavy (non-hydrogen) atoms. The van der Waals surface area contributed by atoms with Gasteiger partial charge in [0.25, 0.3) is 0 Å². The van der Waals surface area contributed by atoms with Crippen LogP contribution in [0.1, 0.15) is 12.5 Å². The van der Waals surface area contributed by atoms with E-state index < -0.39 is 15.9 Å². The van der Waals surface area contributed by atoms with Gasteiger partial charge in [-0.3, -0.25) is 4.79 Å². The maximum atomic E-state index is 11.9. The highest BCUT2D eigenvalue weighted by Gasteiger charge is 2.19. The molecule has 0 saturated carbocycles. The van der Waals surface area contributed by atoms with Gasteiger partial charge in [0.2, 0.25) is 15.9 Å². The molecule has 1 rings (SSSR count). The van der Waals surface area contributed by atoms with Gasteiger partial charge in [0.1, 0.15) is 6.07 Å². The Hall–Kier alpha value is -2.11. The molecule has 0 spiro atoms. The van der Waals surface area contributed by atoms with Gasteiger partial charge in [0.05, 0.1) is 17.0 Å². The number of rotatable bonds is 5. The van der Waals surface area contributed by atoms with E-state index in [-0.39, 0.29) is 17.0 Å². The zero-order valence-corrected chi connectivity index (χ0v) is 11.1. The zero-order valence-electron chi connectivity index (χ0n) is 10.3. The summed E-state index contributed by atoms with van der Waals surface area (Å²) >= 11 is 0. The molecule has 0 heterocycles. The number of carbonyl (C=O) groups is 1. The molecule has 0 aliphatic carbocycles. The van der Waals surface area contributed by atoms with Crippen molar-refractivity contribution in [2.75, 3.05) is 18.8 Å². The number of nitriles is 1. The van der Waals surface area contributed by atoms with Crippen LogP contribution in [0.5, 0.6) is 0 Å². The SMILES string of the molecule is CCNC(=O)CNS(=O)(=O)c1ccc(N)cc1C#N. The van der Waals surface area contributed by atoms with Gasteiger partial charge in [0, 0.05) is 12.2 Å². The van der Waals surface area contributed by atoms with Crippen LogP contribution < -0.4 is 15.8 Å². The van der Waals surface area contributed by atoms with Crippen molar-refractivity contribution in [3.8, 4) is 6.07 Å². The van der Waals surface area contributed by atoms with Gasteiger partial charge in [0.15, 0.2) is 0 Å². The monoisotopic (exact) mass is 282 g/mol. The van der Waals surface area contributed by atoms with Crippen LogP contribution in [0.2, 0.25) is 0 Å². The molecule has 0 aliphatic rings. The molecule has 1 aromatic carbocycles. The number of nitrogen functional groups attached to an aromatic ring is 1. The number of hydrogen-bond donors (Lipinski definition) is 3. The topological polar surface area (TPSA) is 125 Å². The molecule has 0 fully saturated rings. The Balaban J connectivity index is 2.96. The van der Waals surface area contributed by atoms with Gasteiger partial charge in [-0.05, 0) is 25.1 Å². The highest BCUT2D eigenvalue weighted by molar-refractivity contribution is 7.89. The van der Waals surface area contributed by atoms with Gasteiger partial charge in [-0.1, -0.05) is 0 Å². The van der Waals surface area contributed by atoms with Crippen LogP contribution in [0.25, 0.3) is 0 Å². The quantitative estimate of drug-likeness (QED) is 0.631. The predicted octanol–water partition coefficient (Wildman–Crippen LogP) is -0.445. The molecule has 102 valence electrons. The van der Waals surface area contributed by atoms with Crippen molar-refractivity contribution in [1.82, 2.24) is 10.0 Å². The summed E-state index contributed by atoms with van der Waals surface area (Å²) in [6, 6.07) is 5.63. The number of amides is 1. The molecule has 0 atom stereocenters. The van der Waals surface area contributed by atoms with Crippen LogP contribution in [0.3, 0.4) is 0 Å². The van der Waals surface area contributed by atoms with E-state index in [0.29, 0.717) is 12.2 Å². The van der Waals surface area contributed by atoms with E-state index in [2.05, 4.69) is 10.0 Å². The van der Waals surface area contributed by atoms with Crippen LogP contribution in [0.4, 0.5) is 5.69 Å². The van der Waals surface area contributed by atoms with Crippen LogP contribution >= 0.6 is 0 Å². The molecule has 0 aromatic heterocycles. The Kier molecular flexibility index (Phi) is 4.86. The Morgan fingerprint density at radius 1 is 1.47 bits per heavy atom. The average Bonchev–Trinajstić information content (AvgIpc) is 2.36. The van der Waals surface area contributed by atoms with Crippen LogP contribution in [0.15, 0.2) is 23.1 Å². The first-order chi connectivity index (χ1) is 8.90. The molecular formula is C11H14N4O3S. The summed E-state index contributed by atoms with van der Waals surface area (Å²) in [6.07, 6.45) is 0. The summed E-state index contributed by atoms with van der Waals surface area (Å²) in [6.45, 7) is 1.75. The maximum absolute atomic E-state index is 11.9. The molecule has 8 heteroatoms. The Morgan fingerprint density at radius 3 is 2.74 bits per heavy atom. The molecule has 0 unspecified atom stereocenters. The number of likely N-dealkylation sites (N-methyl/N-ethyl adjacent to an activating group) is 1. The number of sulfonamides is 1. The van der Waals surface area contributed by atoms with Crippen molar-refractivity contribution in [3.63, 3.8) is 0 Å². The van der Waals surface area contributed by atoms with Gasteiger partial charge in [-0.15, -0.1) is 0 Å². The predicted molar refractivity (Wildman–Crippen MR) is 69.4 cm³/mol. The minimum atomic E-state index is -3.92. The molecule has 0 aliphatic heterocycles. The van der Waals surface area contributed by atoms with Crippen molar-refractivity contribution in [2.45, 2.75) is 11.8 Å². The number of nitrogens with two attached hydrogens (primary N) is 1. The van der Waals surface area contributed by atoms with Crippen molar-refractivity contribution >= 4 is 21.6 Å². The smallest absolute Gasteiger partial charge is 0.242 e. The van der Waals surface area contributed by atoms with Crippen molar-refractivity contribution in [3.05, 3.63) is 23.8 Å². The van der Waals surface area contributed by atoms with Crippen molar-refractivity contribution < 1.29 is 13.2 Å². The fourth-order valence-corrected chi connectivity index (χ4v) is 2.49. The highest BCUT2D eigenvalue weighted by Crippen LogP contribution is 2.17. The second kappa shape index (κ2) is 6.17. The van der Waals surface area contributed by atoms with E-state index in [1.807, 2.05) is 0 Å². The minimum Gasteiger partial charge on any atom is -0.399 e. The lowest BCUT2D eigenvalue weighted by Gasteiger charge is -2.08. The summed E-state index contributed by atoms with van der Waals surface area (Å²) in [4.78, 5) is 11.0. The third-order valence-corrected chi connectivity index (χ3v) is 3.67. The molecule has 1 amide bonds. The molecule has 0 radical (unpaired) electrons. The van der Waals surface area contributed by atoms with Gasteiger partial charge >= 0.3 is 0 Å². The first-order valence-corrected chi connectivity index (χ1v) is 6.95. The Labute approximate surface area is 111 Å². The van der Waals surface area contributed by atoms with E-state index in [0.717, 1.165) is 0 Å². The number of carbonyl (C=O) groups excluding carboxylic acids is 1. The van der Waals surface area contributed by atoms with Gasteiger partial charge in [-0.25, -0.2) is 13.1 Å². The molecular weight excluding hydrogens is 268 g/mol. The number of benzene rings is 1. The van der Waals surface area contributed by atoms with Crippen molar-refractivity contribution in [1.29, 1.82) is 5.26 Å². The van der Waals surface area contributed by atoms with Crippen LogP contribution in [-0.4, -0.2) is 27.4 Å².